The minimum absolute atomic E-state index is 0.268. The first-order chi connectivity index (χ1) is 12.6. The third-order valence-electron chi connectivity index (χ3n) is 4.62. The fourth-order valence-corrected chi connectivity index (χ4v) is 3.14. The molecule has 0 fully saturated rings. The molecule has 3 aromatic rings. The lowest BCUT2D eigenvalue weighted by molar-refractivity contribution is 0.432. The van der Waals surface area contributed by atoms with Crippen molar-refractivity contribution in [3.8, 4) is 17.2 Å². The fourth-order valence-electron chi connectivity index (χ4n) is 3.14. The van der Waals surface area contributed by atoms with E-state index in [4.69, 9.17) is 4.74 Å². The quantitative estimate of drug-likeness (QED) is 0.444. The minimum atomic E-state index is 0.268. The molecule has 0 saturated heterocycles. The van der Waals surface area contributed by atoms with Gasteiger partial charge < -0.3 is 9.84 Å². The van der Waals surface area contributed by atoms with E-state index in [-0.39, 0.29) is 5.75 Å². The van der Waals surface area contributed by atoms with Gasteiger partial charge in [0, 0.05) is 12.0 Å². The topological polar surface area (TPSA) is 29.5 Å². The lowest BCUT2D eigenvalue weighted by Gasteiger charge is -2.22. The molecule has 26 heavy (non-hydrogen) atoms. The third-order valence-corrected chi connectivity index (χ3v) is 4.62. The Morgan fingerprint density at radius 2 is 1.73 bits per heavy atom. The maximum atomic E-state index is 10.5. The van der Waals surface area contributed by atoms with Gasteiger partial charge in [-0.3, -0.25) is 0 Å². The molecule has 0 saturated carbocycles. The van der Waals surface area contributed by atoms with E-state index in [1.54, 1.807) is 6.07 Å². The summed E-state index contributed by atoms with van der Waals surface area (Å²) in [4.78, 5) is 0. The molecule has 2 nitrogen and oxygen atoms in total. The van der Waals surface area contributed by atoms with Crippen LogP contribution < -0.4 is 4.74 Å². The molecule has 1 heterocycles. The van der Waals surface area contributed by atoms with E-state index >= 15 is 0 Å². The standard InChI is InChI=1S/C24H20O2/c1-16(2)19-10-11-20-14-21-22(25)12-18(13-24(21)26-23(20)15-19)9-8-17-6-4-3-5-7-17/h3-13,15,25H,1,14H2,2H3/b9-8+. The van der Waals surface area contributed by atoms with Crippen LogP contribution in [0.4, 0.5) is 0 Å². The predicted octanol–water partition coefficient (Wildman–Crippen LogP) is 6.29. The molecule has 0 atom stereocenters. The molecule has 0 spiro atoms. The smallest absolute Gasteiger partial charge is 0.135 e. The molecule has 0 aliphatic carbocycles. The molecule has 1 aliphatic heterocycles. The molecule has 1 N–H and O–H groups in total. The monoisotopic (exact) mass is 340 g/mol. The van der Waals surface area contributed by atoms with E-state index in [1.165, 1.54) is 0 Å². The van der Waals surface area contributed by atoms with Crippen LogP contribution in [-0.4, -0.2) is 5.11 Å². The van der Waals surface area contributed by atoms with Gasteiger partial charge in [0.15, 0.2) is 0 Å². The lowest BCUT2D eigenvalue weighted by atomic mass is 9.95. The molecule has 0 radical (unpaired) electrons. The van der Waals surface area contributed by atoms with Crippen molar-refractivity contribution in [2.24, 2.45) is 0 Å². The van der Waals surface area contributed by atoms with Crippen molar-refractivity contribution in [3.63, 3.8) is 0 Å². The Labute approximate surface area is 153 Å². The molecule has 128 valence electrons. The number of aromatic hydroxyl groups is 1. The SMILES string of the molecule is C=C(C)c1ccc2c(c1)Oc1cc(/C=C/c3ccccc3)cc(O)c1C2. The molecule has 2 heteroatoms. The van der Waals surface area contributed by atoms with Crippen LogP contribution in [0.5, 0.6) is 17.2 Å². The number of phenolic OH excluding ortho intramolecular Hbond substituents is 1. The van der Waals surface area contributed by atoms with Crippen molar-refractivity contribution >= 4 is 17.7 Å². The Kier molecular flexibility index (Phi) is 4.10. The molecule has 0 unspecified atom stereocenters. The summed E-state index contributed by atoms with van der Waals surface area (Å²) in [7, 11) is 0. The largest absolute Gasteiger partial charge is 0.507 e. The second-order valence-electron chi connectivity index (χ2n) is 6.64. The van der Waals surface area contributed by atoms with E-state index in [0.29, 0.717) is 12.2 Å². The molecule has 0 aromatic heterocycles. The van der Waals surface area contributed by atoms with Gasteiger partial charge >= 0.3 is 0 Å². The van der Waals surface area contributed by atoms with Crippen molar-refractivity contribution in [3.05, 3.63) is 95.1 Å². The zero-order valence-corrected chi connectivity index (χ0v) is 14.7. The third kappa shape index (κ3) is 3.14. The van der Waals surface area contributed by atoms with Crippen LogP contribution >= 0.6 is 0 Å². The Morgan fingerprint density at radius 1 is 0.962 bits per heavy atom. The normalized spacial score (nSPS) is 12.3. The lowest BCUT2D eigenvalue weighted by Crippen LogP contribution is -2.04. The summed E-state index contributed by atoms with van der Waals surface area (Å²) in [5, 5.41) is 10.5. The van der Waals surface area contributed by atoms with Gasteiger partial charge in [0.1, 0.15) is 17.2 Å². The van der Waals surface area contributed by atoms with Crippen LogP contribution in [0, 0.1) is 0 Å². The van der Waals surface area contributed by atoms with Gasteiger partial charge in [-0.2, -0.15) is 0 Å². The van der Waals surface area contributed by atoms with Crippen molar-refractivity contribution in [2.45, 2.75) is 13.3 Å². The molecule has 3 aromatic carbocycles. The van der Waals surface area contributed by atoms with Crippen molar-refractivity contribution in [1.82, 2.24) is 0 Å². The minimum Gasteiger partial charge on any atom is -0.507 e. The first kappa shape index (κ1) is 16.2. The zero-order valence-electron chi connectivity index (χ0n) is 14.7. The number of benzene rings is 3. The molecule has 0 amide bonds. The molecular formula is C24H20O2. The summed E-state index contributed by atoms with van der Waals surface area (Å²) >= 11 is 0. The molecular weight excluding hydrogens is 320 g/mol. The van der Waals surface area contributed by atoms with Crippen molar-refractivity contribution in [2.75, 3.05) is 0 Å². The highest BCUT2D eigenvalue weighted by atomic mass is 16.5. The summed E-state index contributed by atoms with van der Waals surface area (Å²) in [5.74, 6) is 1.82. The van der Waals surface area contributed by atoms with E-state index < -0.39 is 0 Å². The number of phenols is 1. The van der Waals surface area contributed by atoms with Crippen LogP contribution in [0.2, 0.25) is 0 Å². The number of rotatable bonds is 3. The Bertz CT molecular complexity index is 1010. The van der Waals surface area contributed by atoms with Crippen LogP contribution in [-0.2, 0) is 6.42 Å². The number of hydrogen-bond acceptors (Lipinski definition) is 2. The first-order valence-corrected chi connectivity index (χ1v) is 8.66. The maximum absolute atomic E-state index is 10.5. The van der Waals surface area contributed by atoms with Gasteiger partial charge in [-0.05, 0) is 47.4 Å². The van der Waals surface area contributed by atoms with Gasteiger partial charge in [-0.25, -0.2) is 0 Å². The predicted molar refractivity (Wildman–Crippen MR) is 108 cm³/mol. The average molecular weight is 340 g/mol. The van der Waals surface area contributed by atoms with Crippen LogP contribution in [0.15, 0.2) is 67.2 Å². The number of fused-ring (bicyclic) bond motifs is 2. The van der Waals surface area contributed by atoms with Gasteiger partial charge in [0.25, 0.3) is 0 Å². The zero-order chi connectivity index (χ0) is 18.1. The summed E-state index contributed by atoms with van der Waals surface area (Å²) in [6.07, 6.45) is 4.67. The van der Waals surface area contributed by atoms with Gasteiger partial charge in [-0.15, -0.1) is 0 Å². The van der Waals surface area contributed by atoms with E-state index in [9.17, 15) is 5.11 Å². The Balaban J connectivity index is 1.67. The summed E-state index contributed by atoms with van der Waals surface area (Å²) in [6.45, 7) is 5.98. The summed E-state index contributed by atoms with van der Waals surface area (Å²) in [6, 6.07) is 20.0. The van der Waals surface area contributed by atoms with Gasteiger partial charge in [0.2, 0.25) is 0 Å². The summed E-state index contributed by atoms with van der Waals surface area (Å²) in [5.41, 5.74) is 6.00. The Hall–Kier alpha value is -3.26. The number of hydrogen-bond donors (Lipinski definition) is 1. The molecule has 1 aliphatic rings. The van der Waals surface area contributed by atoms with Crippen molar-refractivity contribution < 1.29 is 9.84 Å². The fraction of sp³-hybridized carbons (Fsp3) is 0.0833. The highest BCUT2D eigenvalue weighted by molar-refractivity contribution is 5.73. The highest BCUT2D eigenvalue weighted by Crippen LogP contribution is 2.42. The number of allylic oxidation sites excluding steroid dienone is 1. The van der Waals surface area contributed by atoms with Crippen LogP contribution in [0.1, 0.15) is 34.7 Å². The van der Waals surface area contributed by atoms with Gasteiger partial charge in [-0.1, -0.05) is 66.8 Å². The Morgan fingerprint density at radius 3 is 2.50 bits per heavy atom. The molecule has 4 rings (SSSR count). The second kappa shape index (κ2) is 6.57. The highest BCUT2D eigenvalue weighted by Gasteiger charge is 2.21. The van der Waals surface area contributed by atoms with Gasteiger partial charge in [0.05, 0.1) is 0 Å². The second-order valence-corrected chi connectivity index (χ2v) is 6.64. The number of ether oxygens (including phenoxy) is 1. The van der Waals surface area contributed by atoms with E-state index in [2.05, 4.69) is 6.58 Å². The molecule has 0 bridgehead atoms. The van der Waals surface area contributed by atoms with E-state index in [0.717, 1.165) is 39.1 Å². The average Bonchev–Trinajstić information content (AvgIpc) is 2.65. The first-order valence-electron chi connectivity index (χ1n) is 8.66. The summed E-state index contributed by atoms with van der Waals surface area (Å²) < 4.78 is 6.11. The van der Waals surface area contributed by atoms with Crippen LogP contribution in [0.3, 0.4) is 0 Å². The maximum Gasteiger partial charge on any atom is 0.135 e. The van der Waals surface area contributed by atoms with Crippen molar-refractivity contribution in [1.29, 1.82) is 0 Å². The van der Waals surface area contributed by atoms with E-state index in [1.807, 2.05) is 73.7 Å². The van der Waals surface area contributed by atoms with Crippen LogP contribution in [0.25, 0.3) is 17.7 Å².